The summed E-state index contributed by atoms with van der Waals surface area (Å²) < 4.78 is 2.06. The Labute approximate surface area is 139 Å². The van der Waals surface area contributed by atoms with E-state index in [1.165, 1.54) is 6.92 Å². The number of rotatable bonds is 3. The molecule has 0 atom stereocenters. The summed E-state index contributed by atoms with van der Waals surface area (Å²) in [6.07, 6.45) is 0. The molecule has 0 aliphatic carbocycles. The topological polar surface area (TPSA) is 59.8 Å². The maximum Gasteiger partial charge on any atom is 0.221 e. The molecule has 23 heavy (non-hydrogen) atoms. The molecule has 1 aromatic carbocycles. The van der Waals surface area contributed by atoms with Gasteiger partial charge in [0, 0.05) is 11.9 Å². The maximum atomic E-state index is 11.3. The summed E-state index contributed by atoms with van der Waals surface area (Å²) in [4.78, 5) is 20.4. The van der Waals surface area contributed by atoms with Crippen molar-refractivity contribution in [3.05, 3.63) is 52.4 Å². The van der Waals surface area contributed by atoms with E-state index in [1.54, 1.807) is 0 Å². The highest BCUT2D eigenvalue weighted by atomic mass is 35.5. The lowest BCUT2D eigenvalue weighted by atomic mass is 10.2. The molecule has 0 aliphatic rings. The average molecular weight is 329 g/mol. The molecule has 0 radical (unpaired) electrons. The largest absolute Gasteiger partial charge is 0.325 e. The van der Waals surface area contributed by atoms with E-state index in [2.05, 4.69) is 19.9 Å². The molecular weight excluding hydrogens is 312 g/mol. The number of pyridine rings is 1. The zero-order valence-electron chi connectivity index (χ0n) is 13.2. The molecular formula is C17H17ClN4O. The molecule has 1 N–H and O–H groups in total. The third-order valence-corrected chi connectivity index (χ3v) is 3.92. The van der Waals surface area contributed by atoms with E-state index in [1.807, 2.05) is 44.2 Å². The van der Waals surface area contributed by atoms with Crippen molar-refractivity contribution in [1.82, 2.24) is 14.5 Å². The van der Waals surface area contributed by atoms with Crippen LogP contribution in [-0.2, 0) is 11.3 Å². The third kappa shape index (κ3) is 3.19. The van der Waals surface area contributed by atoms with Crippen LogP contribution in [0.3, 0.4) is 0 Å². The van der Waals surface area contributed by atoms with Crippen LogP contribution in [0.2, 0.25) is 5.02 Å². The van der Waals surface area contributed by atoms with Gasteiger partial charge < -0.3 is 9.88 Å². The Balaban J connectivity index is 2.03. The van der Waals surface area contributed by atoms with Crippen LogP contribution in [0.5, 0.6) is 0 Å². The van der Waals surface area contributed by atoms with Crippen LogP contribution in [0.25, 0.3) is 11.2 Å². The number of amides is 1. The number of halogens is 1. The third-order valence-electron chi connectivity index (χ3n) is 3.67. The molecule has 1 amide bonds. The van der Waals surface area contributed by atoms with Crippen LogP contribution >= 0.6 is 11.6 Å². The molecule has 0 spiro atoms. The number of fused-ring (bicyclic) bond motifs is 1. The first kappa shape index (κ1) is 15.5. The van der Waals surface area contributed by atoms with Gasteiger partial charge in [-0.2, -0.15) is 0 Å². The lowest BCUT2D eigenvalue weighted by Gasteiger charge is -2.09. The summed E-state index contributed by atoms with van der Waals surface area (Å²) >= 11 is 5.93. The molecule has 5 nitrogen and oxygen atoms in total. The number of benzene rings is 1. The average Bonchev–Trinajstić information content (AvgIpc) is 2.77. The fourth-order valence-corrected chi connectivity index (χ4v) is 2.65. The number of carbonyl (C=O) groups is 1. The number of hydrogen-bond donors (Lipinski definition) is 1. The number of aromatic nitrogens is 3. The predicted molar refractivity (Wildman–Crippen MR) is 91.9 cm³/mol. The molecule has 6 heteroatoms. The molecule has 3 aromatic rings. The Morgan fingerprint density at radius 1 is 1.22 bits per heavy atom. The van der Waals surface area contributed by atoms with Gasteiger partial charge in [0.1, 0.15) is 11.3 Å². The lowest BCUT2D eigenvalue weighted by Crippen LogP contribution is -2.08. The van der Waals surface area contributed by atoms with Crippen LogP contribution in [0, 0.1) is 13.8 Å². The minimum Gasteiger partial charge on any atom is -0.325 e. The summed E-state index contributed by atoms with van der Waals surface area (Å²) in [5, 5.41) is 3.50. The van der Waals surface area contributed by atoms with Gasteiger partial charge in [0.15, 0.2) is 5.65 Å². The zero-order chi connectivity index (χ0) is 16.6. The second kappa shape index (κ2) is 6.01. The van der Waals surface area contributed by atoms with Crippen LogP contribution < -0.4 is 5.32 Å². The standard InChI is InChI=1S/C17H17ClN4O/c1-10-15(21-12(3)23)8-16-17(19-10)22(11(2)20-16)9-13-4-6-14(18)7-5-13/h4-8H,9H2,1-3H3,(H,21,23). The molecule has 0 bridgehead atoms. The second-order valence-corrected chi connectivity index (χ2v) is 5.95. The van der Waals surface area contributed by atoms with Crippen molar-refractivity contribution in [1.29, 1.82) is 0 Å². The number of aryl methyl sites for hydroxylation is 2. The molecule has 118 valence electrons. The minimum atomic E-state index is -0.119. The summed E-state index contributed by atoms with van der Waals surface area (Å²) in [5.74, 6) is 0.758. The van der Waals surface area contributed by atoms with E-state index in [4.69, 9.17) is 11.6 Å². The quantitative estimate of drug-likeness (QED) is 0.797. The van der Waals surface area contributed by atoms with Gasteiger partial charge in [0.25, 0.3) is 0 Å². The molecule has 0 fully saturated rings. The molecule has 0 saturated heterocycles. The summed E-state index contributed by atoms with van der Waals surface area (Å²) in [6.45, 7) is 5.98. The van der Waals surface area contributed by atoms with E-state index >= 15 is 0 Å². The van der Waals surface area contributed by atoms with Gasteiger partial charge >= 0.3 is 0 Å². The number of nitrogens with zero attached hydrogens (tertiary/aromatic N) is 3. The summed E-state index contributed by atoms with van der Waals surface area (Å²) in [6, 6.07) is 9.60. The fourth-order valence-electron chi connectivity index (χ4n) is 2.53. The number of anilines is 1. The second-order valence-electron chi connectivity index (χ2n) is 5.52. The van der Waals surface area contributed by atoms with Crippen molar-refractivity contribution < 1.29 is 4.79 Å². The number of carbonyl (C=O) groups excluding carboxylic acids is 1. The number of hydrogen-bond acceptors (Lipinski definition) is 3. The van der Waals surface area contributed by atoms with Crippen LogP contribution in [0.15, 0.2) is 30.3 Å². The lowest BCUT2D eigenvalue weighted by molar-refractivity contribution is -0.114. The van der Waals surface area contributed by atoms with Crippen molar-refractivity contribution in [2.45, 2.75) is 27.3 Å². The first-order valence-electron chi connectivity index (χ1n) is 7.30. The Morgan fingerprint density at radius 3 is 2.57 bits per heavy atom. The first-order valence-corrected chi connectivity index (χ1v) is 7.68. The SMILES string of the molecule is CC(=O)Nc1cc2nc(C)n(Cc3ccc(Cl)cc3)c2nc1C. The van der Waals surface area contributed by atoms with Crippen molar-refractivity contribution in [2.75, 3.05) is 5.32 Å². The Kier molecular flexibility index (Phi) is 4.05. The molecule has 2 aromatic heterocycles. The van der Waals surface area contributed by atoms with Crippen molar-refractivity contribution in [3.8, 4) is 0 Å². The van der Waals surface area contributed by atoms with Crippen LogP contribution in [0.4, 0.5) is 5.69 Å². The summed E-state index contributed by atoms with van der Waals surface area (Å²) in [7, 11) is 0. The van der Waals surface area contributed by atoms with Crippen molar-refractivity contribution in [2.24, 2.45) is 0 Å². The number of imidazole rings is 1. The van der Waals surface area contributed by atoms with Gasteiger partial charge in [-0.15, -0.1) is 0 Å². The van der Waals surface area contributed by atoms with Crippen LogP contribution in [-0.4, -0.2) is 20.4 Å². The van der Waals surface area contributed by atoms with Gasteiger partial charge in [0.05, 0.1) is 17.9 Å². The molecule has 3 rings (SSSR count). The molecule has 0 aliphatic heterocycles. The van der Waals surface area contributed by atoms with E-state index in [0.29, 0.717) is 12.2 Å². The monoisotopic (exact) mass is 328 g/mol. The Hall–Kier alpha value is -2.40. The van der Waals surface area contributed by atoms with Crippen molar-refractivity contribution in [3.63, 3.8) is 0 Å². The van der Waals surface area contributed by atoms with Crippen LogP contribution in [0.1, 0.15) is 24.0 Å². The van der Waals surface area contributed by atoms with Crippen molar-refractivity contribution >= 4 is 34.4 Å². The maximum absolute atomic E-state index is 11.3. The van der Waals surface area contributed by atoms with Gasteiger partial charge in [-0.1, -0.05) is 23.7 Å². The molecule has 0 saturated carbocycles. The highest BCUT2D eigenvalue weighted by Crippen LogP contribution is 2.22. The normalized spacial score (nSPS) is 11.0. The Bertz CT molecular complexity index is 884. The van der Waals surface area contributed by atoms with E-state index in [9.17, 15) is 4.79 Å². The van der Waals surface area contributed by atoms with E-state index < -0.39 is 0 Å². The first-order chi connectivity index (χ1) is 10.9. The van der Waals surface area contributed by atoms with E-state index in [-0.39, 0.29) is 5.91 Å². The molecule has 0 unspecified atom stereocenters. The zero-order valence-corrected chi connectivity index (χ0v) is 14.0. The van der Waals surface area contributed by atoms with Gasteiger partial charge in [-0.25, -0.2) is 9.97 Å². The molecule has 2 heterocycles. The fraction of sp³-hybridized carbons (Fsp3) is 0.235. The Morgan fingerprint density at radius 2 is 1.91 bits per heavy atom. The smallest absolute Gasteiger partial charge is 0.221 e. The van der Waals surface area contributed by atoms with Gasteiger partial charge in [-0.3, -0.25) is 4.79 Å². The van der Waals surface area contributed by atoms with E-state index in [0.717, 1.165) is 33.3 Å². The highest BCUT2D eigenvalue weighted by Gasteiger charge is 2.13. The van der Waals surface area contributed by atoms with Gasteiger partial charge in [0.2, 0.25) is 5.91 Å². The summed E-state index contributed by atoms with van der Waals surface area (Å²) in [5.41, 5.74) is 4.17. The van der Waals surface area contributed by atoms with Gasteiger partial charge in [-0.05, 0) is 37.6 Å². The highest BCUT2D eigenvalue weighted by molar-refractivity contribution is 6.30. The number of nitrogens with one attached hydrogen (secondary N) is 1. The minimum absolute atomic E-state index is 0.119. The predicted octanol–water partition coefficient (Wildman–Crippen LogP) is 3.71.